The lowest BCUT2D eigenvalue weighted by Crippen LogP contribution is -2.29. The minimum Gasteiger partial charge on any atom is -0.462 e. The van der Waals surface area contributed by atoms with Crippen LogP contribution >= 0.6 is 7.82 Å². The van der Waals surface area contributed by atoms with Crippen LogP contribution in [0, 0.1) is 0 Å². The SMILES string of the molecule is CCCCCCC/C=C\C/C=C\CCCCCCCCCCCCCCCCCC(=O)OC(COC(=O)CCCCCCCCCCCC)COP(=O)(O)OCCN. The standard InChI is InChI=1S/C48H92NO8P/c1-3-5-7-9-11-13-15-16-17-18-19-20-21-22-23-24-25-26-27-28-29-30-31-33-35-37-39-41-48(51)57-46(45-56-58(52,53)55-43-42-49)44-54-47(50)40-38-36-34-32-14-12-10-8-6-4-2/h15-16,18-19,46H,3-14,17,20-45,49H2,1-2H3,(H,52,53)/b16-15-,19-18-. The number of allylic oxidation sites excluding steroid dienone is 4. The van der Waals surface area contributed by atoms with Crippen LogP contribution in [-0.2, 0) is 32.7 Å². The van der Waals surface area contributed by atoms with Crippen molar-refractivity contribution in [2.24, 2.45) is 5.73 Å². The van der Waals surface area contributed by atoms with Crippen LogP contribution in [0.5, 0.6) is 0 Å². The van der Waals surface area contributed by atoms with E-state index in [4.69, 9.17) is 24.3 Å². The maximum atomic E-state index is 12.6. The van der Waals surface area contributed by atoms with Gasteiger partial charge in [0.1, 0.15) is 6.61 Å². The lowest BCUT2D eigenvalue weighted by atomic mass is 10.0. The number of carbonyl (C=O) groups excluding carboxylic acids is 2. The number of phosphoric ester groups is 1. The van der Waals surface area contributed by atoms with Gasteiger partial charge in [-0.3, -0.25) is 18.6 Å². The maximum Gasteiger partial charge on any atom is 0.472 e. The molecule has 0 rings (SSSR count). The fourth-order valence-electron chi connectivity index (χ4n) is 6.96. The fourth-order valence-corrected chi connectivity index (χ4v) is 7.73. The zero-order valence-electron chi connectivity index (χ0n) is 37.8. The van der Waals surface area contributed by atoms with Gasteiger partial charge in [-0.1, -0.05) is 205 Å². The van der Waals surface area contributed by atoms with Gasteiger partial charge in [0.25, 0.3) is 0 Å². The van der Waals surface area contributed by atoms with Crippen molar-refractivity contribution >= 4 is 19.8 Å². The highest BCUT2D eigenvalue weighted by atomic mass is 31.2. The van der Waals surface area contributed by atoms with Gasteiger partial charge >= 0.3 is 19.8 Å². The summed E-state index contributed by atoms with van der Waals surface area (Å²) in [6.45, 7) is 3.73. The van der Waals surface area contributed by atoms with E-state index in [1.807, 2.05) is 0 Å². The van der Waals surface area contributed by atoms with Crippen LogP contribution in [-0.4, -0.2) is 49.3 Å². The molecule has 10 heteroatoms. The Bertz CT molecular complexity index is 1010. The normalized spacial score (nSPS) is 13.4. The molecule has 0 aromatic heterocycles. The van der Waals surface area contributed by atoms with Gasteiger partial charge in [-0.25, -0.2) is 4.57 Å². The molecule has 2 unspecified atom stereocenters. The Labute approximate surface area is 357 Å². The van der Waals surface area contributed by atoms with Crippen molar-refractivity contribution in [2.75, 3.05) is 26.4 Å². The van der Waals surface area contributed by atoms with Crippen molar-refractivity contribution < 1.29 is 37.6 Å². The summed E-state index contributed by atoms with van der Waals surface area (Å²) in [6, 6.07) is 0. The Hall–Kier alpha value is -1.51. The van der Waals surface area contributed by atoms with E-state index >= 15 is 0 Å². The molecule has 0 aromatic rings. The predicted molar refractivity (Wildman–Crippen MR) is 243 cm³/mol. The minimum absolute atomic E-state index is 0.0557. The van der Waals surface area contributed by atoms with E-state index in [9.17, 15) is 19.0 Å². The van der Waals surface area contributed by atoms with Crippen molar-refractivity contribution in [3.05, 3.63) is 24.3 Å². The second-order valence-electron chi connectivity index (χ2n) is 16.3. The van der Waals surface area contributed by atoms with Crippen LogP contribution < -0.4 is 5.73 Å². The highest BCUT2D eigenvalue weighted by Gasteiger charge is 2.26. The molecule has 0 aliphatic rings. The van der Waals surface area contributed by atoms with Gasteiger partial charge < -0.3 is 20.1 Å². The van der Waals surface area contributed by atoms with Crippen molar-refractivity contribution in [1.29, 1.82) is 0 Å². The molecule has 2 atom stereocenters. The van der Waals surface area contributed by atoms with Crippen LogP contribution in [0.2, 0.25) is 0 Å². The number of esters is 2. The molecule has 3 N–H and O–H groups in total. The molecular weight excluding hydrogens is 750 g/mol. The monoisotopic (exact) mass is 842 g/mol. The fraction of sp³-hybridized carbons (Fsp3) is 0.875. The molecule has 0 saturated carbocycles. The molecule has 0 heterocycles. The Morgan fingerprint density at radius 1 is 0.517 bits per heavy atom. The van der Waals surface area contributed by atoms with Gasteiger partial charge in [0.05, 0.1) is 13.2 Å². The molecule has 0 aliphatic carbocycles. The summed E-state index contributed by atoms with van der Waals surface area (Å²) in [6.07, 6.45) is 49.4. The van der Waals surface area contributed by atoms with Gasteiger partial charge in [-0.2, -0.15) is 0 Å². The van der Waals surface area contributed by atoms with Gasteiger partial charge in [0, 0.05) is 19.4 Å². The molecule has 0 saturated heterocycles. The first kappa shape index (κ1) is 56.5. The topological polar surface area (TPSA) is 134 Å². The smallest absolute Gasteiger partial charge is 0.462 e. The van der Waals surface area contributed by atoms with E-state index < -0.39 is 26.5 Å². The van der Waals surface area contributed by atoms with Crippen LogP contribution in [0.15, 0.2) is 24.3 Å². The Balaban J connectivity index is 3.92. The first-order valence-electron chi connectivity index (χ1n) is 24.3. The number of nitrogens with two attached hydrogens (primary N) is 1. The number of rotatable bonds is 46. The van der Waals surface area contributed by atoms with Crippen LogP contribution in [0.25, 0.3) is 0 Å². The summed E-state index contributed by atoms with van der Waals surface area (Å²) in [5.41, 5.74) is 5.35. The molecule has 0 amide bonds. The number of phosphoric acid groups is 1. The van der Waals surface area contributed by atoms with Crippen LogP contribution in [0.4, 0.5) is 0 Å². The van der Waals surface area contributed by atoms with Gasteiger partial charge in [-0.15, -0.1) is 0 Å². The molecule has 342 valence electrons. The Morgan fingerprint density at radius 3 is 1.31 bits per heavy atom. The summed E-state index contributed by atoms with van der Waals surface area (Å²) in [5.74, 6) is -0.820. The van der Waals surface area contributed by atoms with Gasteiger partial charge in [-0.05, 0) is 44.9 Å². The first-order chi connectivity index (χ1) is 28.3. The molecule has 0 aromatic carbocycles. The summed E-state index contributed by atoms with van der Waals surface area (Å²) in [7, 11) is -4.37. The number of ether oxygens (including phenoxy) is 2. The zero-order valence-corrected chi connectivity index (χ0v) is 38.7. The minimum atomic E-state index is -4.37. The number of carbonyl (C=O) groups is 2. The van der Waals surface area contributed by atoms with E-state index in [1.54, 1.807) is 0 Å². The largest absolute Gasteiger partial charge is 0.472 e. The number of unbranched alkanes of at least 4 members (excludes halogenated alkanes) is 29. The predicted octanol–water partition coefficient (Wildman–Crippen LogP) is 14.3. The molecular formula is C48H92NO8P. The van der Waals surface area contributed by atoms with Crippen molar-refractivity contribution in [3.63, 3.8) is 0 Å². The van der Waals surface area contributed by atoms with E-state index in [-0.39, 0.29) is 38.6 Å². The highest BCUT2D eigenvalue weighted by Crippen LogP contribution is 2.43. The van der Waals surface area contributed by atoms with Crippen LogP contribution in [0.1, 0.15) is 239 Å². The number of hydrogen-bond acceptors (Lipinski definition) is 8. The molecule has 9 nitrogen and oxygen atoms in total. The van der Waals surface area contributed by atoms with E-state index in [2.05, 4.69) is 38.2 Å². The molecule has 0 aliphatic heterocycles. The average molecular weight is 842 g/mol. The third-order valence-electron chi connectivity index (χ3n) is 10.6. The summed E-state index contributed by atoms with van der Waals surface area (Å²) in [4.78, 5) is 34.9. The molecule has 0 spiro atoms. The molecule has 0 bridgehead atoms. The van der Waals surface area contributed by atoms with Gasteiger partial charge in [0.2, 0.25) is 0 Å². The second kappa shape index (κ2) is 45.0. The first-order valence-corrected chi connectivity index (χ1v) is 25.8. The lowest BCUT2D eigenvalue weighted by Gasteiger charge is -2.19. The molecule has 0 fully saturated rings. The Morgan fingerprint density at radius 2 is 0.897 bits per heavy atom. The van der Waals surface area contributed by atoms with Gasteiger partial charge in [0.15, 0.2) is 6.10 Å². The van der Waals surface area contributed by atoms with Crippen molar-refractivity contribution in [2.45, 2.75) is 245 Å². The van der Waals surface area contributed by atoms with Crippen LogP contribution in [0.3, 0.4) is 0 Å². The third kappa shape index (κ3) is 44.1. The van der Waals surface area contributed by atoms with Crippen molar-refractivity contribution in [3.8, 4) is 0 Å². The molecule has 58 heavy (non-hydrogen) atoms. The highest BCUT2D eigenvalue weighted by molar-refractivity contribution is 7.47. The summed E-state index contributed by atoms with van der Waals surface area (Å²) >= 11 is 0. The maximum absolute atomic E-state index is 12.6. The summed E-state index contributed by atoms with van der Waals surface area (Å²) in [5, 5.41) is 0. The second-order valence-corrected chi connectivity index (χ2v) is 17.8. The summed E-state index contributed by atoms with van der Waals surface area (Å²) < 4.78 is 32.8. The zero-order chi connectivity index (χ0) is 42.5. The van der Waals surface area contributed by atoms with E-state index in [1.165, 1.54) is 167 Å². The van der Waals surface area contributed by atoms with Crippen molar-refractivity contribution in [1.82, 2.24) is 0 Å². The lowest BCUT2D eigenvalue weighted by molar-refractivity contribution is -0.161. The molecule has 0 radical (unpaired) electrons. The average Bonchev–Trinajstić information content (AvgIpc) is 3.21. The van der Waals surface area contributed by atoms with E-state index in [0.29, 0.717) is 6.42 Å². The Kier molecular flexibility index (Phi) is 43.9. The number of hydrogen-bond donors (Lipinski definition) is 2. The van der Waals surface area contributed by atoms with E-state index in [0.717, 1.165) is 38.5 Å². The quantitative estimate of drug-likeness (QED) is 0.0266. The third-order valence-corrected chi connectivity index (χ3v) is 11.6.